The maximum absolute atomic E-state index is 13.2. The average molecular weight is 383 g/mol. The Morgan fingerprint density at radius 1 is 1.21 bits per heavy atom. The van der Waals surface area contributed by atoms with Crippen LogP contribution in [0, 0.1) is 19.7 Å². The zero-order valence-electron chi connectivity index (χ0n) is 15.5. The van der Waals surface area contributed by atoms with Gasteiger partial charge in [0.1, 0.15) is 11.4 Å². The number of anilines is 1. The van der Waals surface area contributed by atoms with Gasteiger partial charge in [-0.3, -0.25) is 9.59 Å². The fourth-order valence-corrected chi connectivity index (χ4v) is 2.86. The molecule has 0 saturated carbocycles. The number of halogens is 1. The van der Waals surface area contributed by atoms with Crippen molar-refractivity contribution < 1.29 is 18.7 Å². The number of hydrogen-bond donors (Lipinski definition) is 2. The number of benzene rings is 1. The van der Waals surface area contributed by atoms with E-state index in [-0.39, 0.29) is 22.9 Å². The monoisotopic (exact) mass is 383 g/mol. The van der Waals surface area contributed by atoms with Gasteiger partial charge in [-0.25, -0.2) is 14.1 Å². The number of rotatable bonds is 5. The minimum atomic E-state index is -0.725. The predicted molar refractivity (Wildman–Crippen MR) is 100 cm³/mol. The number of ether oxygens (including phenoxy) is 1. The molecule has 0 radical (unpaired) electrons. The zero-order chi connectivity index (χ0) is 20.4. The SMILES string of the molecule is COc1ncc(NC(=O)c2c(C)nn(-c3ccc(F)cc3)c2C)cc1C(N)=O. The van der Waals surface area contributed by atoms with E-state index >= 15 is 0 Å². The number of pyridine rings is 1. The van der Waals surface area contributed by atoms with Crippen LogP contribution in [-0.2, 0) is 0 Å². The molecule has 0 saturated heterocycles. The highest BCUT2D eigenvalue weighted by Gasteiger charge is 2.21. The van der Waals surface area contributed by atoms with E-state index in [2.05, 4.69) is 15.4 Å². The molecule has 0 aliphatic carbocycles. The van der Waals surface area contributed by atoms with E-state index in [0.29, 0.717) is 22.6 Å². The third-order valence-corrected chi connectivity index (χ3v) is 4.16. The van der Waals surface area contributed by atoms with Gasteiger partial charge >= 0.3 is 0 Å². The fourth-order valence-electron chi connectivity index (χ4n) is 2.86. The van der Waals surface area contributed by atoms with Crippen LogP contribution in [-0.4, -0.2) is 33.7 Å². The first-order valence-electron chi connectivity index (χ1n) is 8.29. The van der Waals surface area contributed by atoms with Crippen molar-refractivity contribution in [3.63, 3.8) is 0 Å². The summed E-state index contributed by atoms with van der Waals surface area (Å²) in [5.74, 6) is -1.44. The molecule has 9 heteroatoms. The minimum absolute atomic E-state index is 0.0516. The quantitative estimate of drug-likeness (QED) is 0.702. The van der Waals surface area contributed by atoms with E-state index in [1.54, 1.807) is 30.7 Å². The van der Waals surface area contributed by atoms with Crippen LogP contribution < -0.4 is 15.8 Å². The standard InChI is InChI=1S/C19H18FN5O3/c1-10-16(11(2)25(24-10)14-6-4-12(20)5-7-14)18(27)23-13-8-15(17(21)26)19(28-3)22-9-13/h4-9H,1-3H3,(H2,21,26)(H,23,27). The largest absolute Gasteiger partial charge is 0.480 e. The summed E-state index contributed by atoms with van der Waals surface area (Å²) < 4.78 is 19.7. The first-order valence-corrected chi connectivity index (χ1v) is 8.29. The van der Waals surface area contributed by atoms with Crippen LogP contribution in [0.4, 0.5) is 10.1 Å². The molecule has 144 valence electrons. The number of aryl methyl sites for hydroxylation is 1. The van der Waals surface area contributed by atoms with E-state index in [1.165, 1.54) is 31.5 Å². The second kappa shape index (κ2) is 7.47. The highest BCUT2D eigenvalue weighted by molar-refractivity contribution is 6.06. The summed E-state index contributed by atoms with van der Waals surface area (Å²) >= 11 is 0. The van der Waals surface area contributed by atoms with Gasteiger partial charge in [0.25, 0.3) is 11.8 Å². The number of carbonyl (C=O) groups excluding carboxylic acids is 2. The van der Waals surface area contributed by atoms with Crippen LogP contribution in [0.2, 0.25) is 0 Å². The van der Waals surface area contributed by atoms with E-state index in [9.17, 15) is 14.0 Å². The summed E-state index contributed by atoms with van der Waals surface area (Å²) in [6.07, 6.45) is 1.36. The highest BCUT2D eigenvalue weighted by Crippen LogP contribution is 2.22. The lowest BCUT2D eigenvalue weighted by atomic mass is 10.1. The Morgan fingerprint density at radius 2 is 1.89 bits per heavy atom. The molecule has 0 fully saturated rings. The second-order valence-electron chi connectivity index (χ2n) is 6.03. The van der Waals surface area contributed by atoms with Gasteiger partial charge in [-0.15, -0.1) is 0 Å². The second-order valence-corrected chi connectivity index (χ2v) is 6.03. The van der Waals surface area contributed by atoms with Crippen molar-refractivity contribution in [1.29, 1.82) is 0 Å². The summed E-state index contributed by atoms with van der Waals surface area (Å²) in [6.45, 7) is 3.43. The molecule has 3 N–H and O–H groups in total. The van der Waals surface area contributed by atoms with Crippen LogP contribution in [0.5, 0.6) is 5.88 Å². The van der Waals surface area contributed by atoms with Crippen LogP contribution in [0.15, 0.2) is 36.5 Å². The van der Waals surface area contributed by atoms with Gasteiger partial charge in [0.05, 0.1) is 41.6 Å². The molecule has 1 aromatic carbocycles. The number of nitrogens with zero attached hydrogens (tertiary/aromatic N) is 3. The third kappa shape index (κ3) is 3.54. The molecule has 0 bridgehead atoms. The van der Waals surface area contributed by atoms with Gasteiger partial charge in [0.2, 0.25) is 5.88 Å². The summed E-state index contributed by atoms with van der Waals surface area (Å²) in [4.78, 5) is 28.3. The Bertz CT molecular complexity index is 1060. The number of aromatic nitrogens is 3. The molecule has 2 heterocycles. The minimum Gasteiger partial charge on any atom is -0.480 e. The molecule has 2 aromatic heterocycles. The van der Waals surface area contributed by atoms with Crippen LogP contribution in [0.3, 0.4) is 0 Å². The first-order chi connectivity index (χ1) is 13.3. The van der Waals surface area contributed by atoms with Crippen molar-refractivity contribution in [2.75, 3.05) is 12.4 Å². The van der Waals surface area contributed by atoms with Gasteiger partial charge in [-0.05, 0) is 44.2 Å². The number of hydrogen-bond acceptors (Lipinski definition) is 5. The Kier molecular flexibility index (Phi) is 5.08. The fraction of sp³-hybridized carbons (Fsp3) is 0.158. The number of nitrogens with one attached hydrogen (secondary N) is 1. The highest BCUT2D eigenvalue weighted by atomic mass is 19.1. The first kappa shape index (κ1) is 19.0. The number of carbonyl (C=O) groups is 2. The molecule has 0 aliphatic rings. The van der Waals surface area contributed by atoms with Crippen LogP contribution >= 0.6 is 0 Å². The molecule has 2 amide bonds. The molecule has 28 heavy (non-hydrogen) atoms. The third-order valence-electron chi connectivity index (χ3n) is 4.16. The van der Waals surface area contributed by atoms with Gasteiger partial charge < -0.3 is 15.8 Å². The Balaban J connectivity index is 1.92. The molecule has 0 aliphatic heterocycles. The Labute approximate surface area is 160 Å². The van der Waals surface area contributed by atoms with Gasteiger partial charge in [-0.2, -0.15) is 5.10 Å². The van der Waals surface area contributed by atoms with Crippen molar-refractivity contribution >= 4 is 17.5 Å². The zero-order valence-corrected chi connectivity index (χ0v) is 15.5. The normalized spacial score (nSPS) is 10.6. The smallest absolute Gasteiger partial charge is 0.259 e. The van der Waals surface area contributed by atoms with Crippen molar-refractivity contribution in [2.24, 2.45) is 5.73 Å². The van der Waals surface area contributed by atoms with Crippen molar-refractivity contribution in [2.45, 2.75) is 13.8 Å². The molecule has 0 spiro atoms. The van der Waals surface area contributed by atoms with E-state index in [1.807, 2.05) is 0 Å². The van der Waals surface area contributed by atoms with E-state index < -0.39 is 11.8 Å². The maximum Gasteiger partial charge on any atom is 0.259 e. The number of methoxy groups -OCH3 is 1. The van der Waals surface area contributed by atoms with Crippen LogP contribution in [0.1, 0.15) is 32.1 Å². The summed E-state index contributed by atoms with van der Waals surface area (Å²) in [5, 5.41) is 7.05. The maximum atomic E-state index is 13.2. The molecule has 0 atom stereocenters. The lowest BCUT2D eigenvalue weighted by molar-refractivity contribution is 0.0992. The lowest BCUT2D eigenvalue weighted by Crippen LogP contribution is -2.17. The Hall–Kier alpha value is -3.75. The Morgan fingerprint density at radius 3 is 2.50 bits per heavy atom. The number of amides is 2. The molecule has 3 rings (SSSR count). The summed E-state index contributed by atoms with van der Waals surface area (Å²) in [7, 11) is 1.36. The lowest BCUT2D eigenvalue weighted by Gasteiger charge is -2.09. The van der Waals surface area contributed by atoms with E-state index in [0.717, 1.165) is 0 Å². The van der Waals surface area contributed by atoms with Gasteiger partial charge in [-0.1, -0.05) is 0 Å². The molecule has 8 nitrogen and oxygen atoms in total. The molecule has 0 unspecified atom stereocenters. The molecule has 3 aromatic rings. The van der Waals surface area contributed by atoms with Crippen molar-refractivity contribution in [3.8, 4) is 11.6 Å². The van der Waals surface area contributed by atoms with Crippen molar-refractivity contribution in [1.82, 2.24) is 14.8 Å². The average Bonchev–Trinajstić information content (AvgIpc) is 2.96. The van der Waals surface area contributed by atoms with Gasteiger partial charge in [0.15, 0.2) is 0 Å². The van der Waals surface area contributed by atoms with Crippen molar-refractivity contribution in [3.05, 3.63) is 64.9 Å². The van der Waals surface area contributed by atoms with E-state index in [4.69, 9.17) is 10.5 Å². The van der Waals surface area contributed by atoms with Crippen LogP contribution in [0.25, 0.3) is 5.69 Å². The van der Waals surface area contributed by atoms with Gasteiger partial charge in [0, 0.05) is 0 Å². The number of nitrogens with two attached hydrogens (primary N) is 1. The molecular weight excluding hydrogens is 365 g/mol. The summed E-state index contributed by atoms with van der Waals surface area (Å²) in [5.41, 5.74) is 7.72. The molecular formula is C19H18FN5O3. The topological polar surface area (TPSA) is 112 Å². The number of primary amides is 1. The predicted octanol–water partition coefficient (Wildman–Crippen LogP) is 2.38. The summed E-state index contributed by atoms with van der Waals surface area (Å²) in [6, 6.07) is 7.17.